The van der Waals surface area contributed by atoms with E-state index in [1.165, 1.54) is 30.6 Å². The number of halogens is 1. The van der Waals surface area contributed by atoms with Crippen LogP contribution in [0.25, 0.3) is 0 Å². The lowest BCUT2D eigenvalue weighted by Gasteiger charge is -2.15. The van der Waals surface area contributed by atoms with Gasteiger partial charge in [0.2, 0.25) is 0 Å². The summed E-state index contributed by atoms with van der Waals surface area (Å²) in [5, 5.41) is 7.66. The number of likely N-dealkylation sites (tertiary alicyclic amines) is 1. The number of unbranched alkanes of at least 4 members (excludes halogenated alkanes) is 1. The fourth-order valence-electron chi connectivity index (χ4n) is 2.59. The second kappa shape index (κ2) is 8.39. The van der Waals surface area contributed by atoms with Gasteiger partial charge in [0.15, 0.2) is 0 Å². The zero-order chi connectivity index (χ0) is 15.1. The van der Waals surface area contributed by atoms with Crippen molar-refractivity contribution >= 4 is 17.3 Å². The molecule has 1 fully saturated rings. The van der Waals surface area contributed by atoms with Gasteiger partial charge in [-0.1, -0.05) is 24.9 Å². The Balaban J connectivity index is 1.82. The molecule has 1 aliphatic rings. The minimum absolute atomic E-state index is 0.199. The molecule has 0 spiro atoms. The van der Waals surface area contributed by atoms with E-state index in [1.54, 1.807) is 6.20 Å². The van der Waals surface area contributed by atoms with Crippen molar-refractivity contribution in [3.05, 3.63) is 21.6 Å². The van der Waals surface area contributed by atoms with Gasteiger partial charge in [-0.2, -0.15) is 5.10 Å². The Kier molecular flexibility index (Phi) is 6.51. The average Bonchev–Trinajstić information content (AvgIpc) is 3.00. The molecule has 2 heterocycles. The molecule has 118 valence electrons. The molecule has 6 heteroatoms. The number of nitrogens with one attached hydrogen (secondary N) is 1. The van der Waals surface area contributed by atoms with Gasteiger partial charge in [-0.25, -0.2) is 4.68 Å². The Bertz CT molecular complexity index is 497. The predicted octanol–water partition coefficient (Wildman–Crippen LogP) is 2.59. The average molecular weight is 313 g/mol. The Morgan fingerprint density at radius 3 is 2.76 bits per heavy atom. The molecule has 1 saturated heterocycles. The predicted molar refractivity (Wildman–Crippen MR) is 87.2 cm³/mol. The minimum atomic E-state index is -0.199. The van der Waals surface area contributed by atoms with Gasteiger partial charge in [0.1, 0.15) is 5.02 Å². The first kappa shape index (κ1) is 16.3. The number of rotatable bonds is 8. The summed E-state index contributed by atoms with van der Waals surface area (Å²) in [6.45, 7) is 7.07. The summed E-state index contributed by atoms with van der Waals surface area (Å²) >= 11 is 6.14. The van der Waals surface area contributed by atoms with Crippen LogP contribution in [0.4, 0.5) is 5.69 Å². The van der Waals surface area contributed by atoms with E-state index < -0.39 is 0 Å². The smallest absolute Gasteiger partial charge is 0.287 e. The lowest BCUT2D eigenvalue weighted by Crippen LogP contribution is -2.25. The van der Waals surface area contributed by atoms with Crippen molar-refractivity contribution in [2.45, 2.75) is 45.6 Å². The lowest BCUT2D eigenvalue weighted by atomic mass is 10.3. The summed E-state index contributed by atoms with van der Waals surface area (Å²) in [4.78, 5) is 14.5. The van der Waals surface area contributed by atoms with Crippen LogP contribution in [0.15, 0.2) is 11.0 Å². The molecule has 0 aromatic carbocycles. The van der Waals surface area contributed by atoms with Crippen LogP contribution < -0.4 is 10.9 Å². The third kappa shape index (κ3) is 4.71. The Labute approximate surface area is 131 Å². The molecular formula is C15H25ClN4O. The molecule has 2 rings (SSSR count). The van der Waals surface area contributed by atoms with Gasteiger partial charge < -0.3 is 10.2 Å². The second-order valence-corrected chi connectivity index (χ2v) is 5.96. The third-order valence-electron chi connectivity index (χ3n) is 3.87. The van der Waals surface area contributed by atoms with Crippen molar-refractivity contribution in [2.75, 3.05) is 31.5 Å². The number of hydrogen-bond donors (Lipinski definition) is 1. The van der Waals surface area contributed by atoms with Crippen LogP contribution in [-0.2, 0) is 6.54 Å². The fourth-order valence-corrected chi connectivity index (χ4v) is 2.80. The standard InChI is InChI=1S/C15H25ClN4O/c1-2-3-11-20-15(21)14(16)13(12-18-20)17-7-6-10-19-8-4-5-9-19/h12,17H,2-11H2,1H3. The summed E-state index contributed by atoms with van der Waals surface area (Å²) in [7, 11) is 0. The maximum absolute atomic E-state index is 12.1. The molecule has 1 aliphatic heterocycles. The van der Waals surface area contributed by atoms with E-state index in [0.717, 1.165) is 32.4 Å². The lowest BCUT2D eigenvalue weighted by molar-refractivity contribution is 0.337. The highest BCUT2D eigenvalue weighted by atomic mass is 35.5. The van der Waals surface area contributed by atoms with E-state index in [4.69, 9.17) is 11.6 Å². The van der Waals surface area contributed by atoms with E-state index in [9.17, 15) is 4.79 Å². The Morgan fingerprint density at radius 1 is 1.29 bits per heavy atom. The molecule has 1 aromatic rings. The highest BCUT2D eigenvalue weighted by Crippen LogP contribution is 2.15. The van der Waals surface area contributed by atoms with E-state index >= 15 is 0 Å². The fraction of sp³-hybridized carbons (Fsp3) is 0.733. The molecule has 0 amide bonds. The maximum Gasteiger partial charge on any atom is 0.287 e. The molecule has 0 aliphatic carbocycles. The van der Waals surface area contributed by atoms with Crippen LogP contribution in [0.1, 0.15) is 39.0 Å². The van der Waals surface area contributed by atoms with Gasteiger partial charge in [0, 0.05) is 13.1 Å². The van der Waals surface area contributed by atoms with Crippen LogP contribution in [0.5, 0.6) is 0 Å². The van der Waals surface area contributed by atoms with Gasteiger partial charge >= 0.3 is 0 Å². The molecule has 0 unspecified atom stereocenters. The van der Waals surface area contributed by atoms with E-state index in [-0.39, 0.29) is 10.6 Å². The van der Waals surface area contributed by atoms with Gasteiger partial charge in [-0.05, 0) is 45.3 Å². The molecule has 5 nitrogen and oxygen atoms in total. The van der Waals surface area contributed by atoms with Crippen molar-refractivity contribution in [1.29, 1.82) is 0 Å². The van der Waals surface area contributed by atoms with Crippen LogP contribution in [0.3, 0.4) is 0 Å². The van der Waals surface area contributed by atoms with Gasteiger partial charge in [-0.3, -0.25) is 4.79 Å². The molecule has 0 bridgehead atoms. The monoisotopic (exact) mass is 312 g/mol. The van der Waals surface area contributed by atoms with E-state index in [0.29, 0.717) is 12.2 Å². The van der Waals surface area contributed by atoms with Crippen molar-refractivity contribution < 1.29 is 0 Å². The molecule has 1 aromatic heterocycles. The molecule has 0 atom stereocenters. The normalized spacial score (nSPS) is 15.5. The number of nitrogens with zero attached hydrogens (tertiary/aromatic N) is 3. The largest absolute Gasteiger partial charge is 0.382 e. The molecule has 0 saturated carbocycles. The molecule has 1 N–H and O–H groups in total. The first-order valence-corrected chi connectivity index (χ1v) is 8.32. The topological polar surface area (TPSA) is 50.2 Å². The van der Waals surface area contributed by atoms with Crippen LogP contribution >= 0.6 is 11.6 Å². The second-order valence-electron chi connectivity index (χ2n) is 5.58. The van der Waals surface area contributed by atoms with Gasteiger partial charge in [0.25, 0.3) is 5.56 Å². The number of aromatic nitrogens is 2. The summed E-state index contributed by atoms with van der Waals surface area (Å²) < 4.78 is 1.45. The van der Waals surface area contributed by atoms with E-state index in [2.05, 4.69) is 22.2 Å². The summed E-state index contributed by atoms with van der Waals surface area (Å²) in [6.07, 6.45) is 7.32. The zero-order valence-electron chi connectivity index (χ0n) is 12.8. The molecule has 0 radical (unpaired) electrons. The first-order chi connectivity index (χ1) is 10.2. The van der Waals surface area contributed by atoms with Crippen molar-refractivity contribution in [3.8, 4) is 0 Å². The van der Waals surface area contributed by atoms with Gasteiger partial charge in [-0.15, -0.1) is 0 Å². The quantitative estimate of drug-likeness (QED) is 0.750. The van der Waals surface area contributed by atoms with Crippen molar-refractivity contribution in [2.24, 2.45) is 0 Å². The first-order valence-electron chi connectivity index (χ1n) is 7.94. The van der Waals surface area contributed by atoms with Crippen LogP contribution in [0, 0.1) is 0 Å². The summed E-state index contributed by atoms with van der Waals surface area (Å²) in [5.41, 5.74) is 0.450. The van der Waals surface area contributed by atoms with Crippen LogP contribution in [-0.4, -0.2) is 40.9 Å². The number of hydrogen-bond acceptors (Lipinski definition) is 4. The van der Waals surface area contributed by atoms with Crippen molar-refractivity contribution in [1.82, 2.24) is 14.7 Å². The molecular weight excluding hydrogens is 288 g/mol. The summed E-state index contributed by atoms with van der Waals surface area (Å²) in [5.74, 6) is 0. The summed E-state index contributed by atoms with van der Waals surface area (Å²) in [6, 6.07) is 0. The molecule has 21 heavy (non-hydrogen) atoms. The van der Waals surface area contributed by atoms with Crippen molar-refractivity contribution in [3.63, 3.8) is 0 Å². The third-order valence-corrected chi connectivity index (χ3v) is 4.24. The maximum atomic E-state index is 12.1. The van der Waals surface area contributed by atoms with Crippen LogP contribution in [0.2, 0.25) is 5.02 Å². The zero-order valence-corrected chi connectivity index (χ0v) is 13.5. The number of aryl methyl sites for hydroxylation is 1. The van der Waals surface area contributed by atoms with Gasteiger partial charge in [0.05, 0.1) is 11.9 Å². The minimum Gasteiger partial charge on any atom is -0.382 e. The number of anilines is 1. The SMILES string of the molecule is CCCCn1ncc(NCCCN2CCCC2)c(Cl)c1=O. The Morgan fingerprint density at radius 2 is 2.05 bits per heavy atom. The highest BCUT2D eigenvalue weighted by Gasteiger charge is 2.11. The highest BCUT2D eigenvalue weighted by molar-refractivity contribution is 6.32. The Hall–Kier alpha value is -1.07. The van der Waals surface area contributed by atoms with E-state index in [1.807, 2.05) is 0 Å².